The largest absolute Gasteiger partial charge is 0.330 e. The summed E-state index contributed by atoms with van der Waals surface area (Å²) >= 11 is 9.68. The van der Waals surface area contributed by atoms with E-state index in [9.17, 15) is 0 Å². The van der Waals surface area contributed by atoms with E-state index in [2.05, 4.69) is 46.3 Å². The van der Waals surface area contributed by atoms with Crippen molar-refractivity contribution in [2.24, 2.45) is 0 Å². The van der Waals surface area contributed by atoms with Crippen LogP contribution in [0.5, 0.6) is 0 Å². The van der Waals surface area contributed by atoms with Crippen molar-refractivity contribution in [3.05, 3.63) is 62.8 Å². The Bertz CT molecular complexity index is 577. The summed E-state index contributed by atoms with van der Waals surface area (Å²) in [6.45, 7) is 2.12. The van der Waals surface area contributed by atoms with Crippen LogP contribution in [0.25, 0.3) is 0 Å². The highest BCUT2D eigenvalue weighted by Gasteiger charge is 2.24. The second kappa shape index (κ2) is 5.00. The first-order chi connectivity index (χ1) is 8.75. The third-order valence-electron chi connectivity index (χ3n) is 2.96. The number of thiophene rings is 1. The molecule has 0 aliphatic carbocycles. The van der Waals surface area contributed by atoms with Crippen LogP contribution in [0, 0.1) is 6.92 Å². The number of hydrogen-bond donors (Lipinski definition) is 0. The number of hydrogen-bond acceptors (Lipinski definition) is 3. The van der Waals surface area contributed by atoms with Crippen molar-refractivity contribution in [1.29, 1.82) is 0 Å². The fourth-order valence-electron chi connectivity index (χ4n) is 2.04. The molecule has 1 aliphatic rings. The van der Waals surface area contributed by atoms with Crippen LogP contribution >= 0.6 is 34.7 Å². The van der Waals surface area contributed by atoms with E-state index in [-0.39, 0.29) is 0 Å². The highest BCUT2D eigenvalue weighted by atomic mass is 35.5. The molecule has 1 aromatic carbocycles. The number of aryl methyl sites for hydroxylation is 1. The molecular weight excluding hydrogens is 282 g/mol. The lowest BCUT2D eigenvalue weighted by molar-refractivity contribution is 0.958. The molecule has 2 heterocycles. The molecule has 0 spiro atoms. The fourth-order valence-corrected chi connectivity index (χ4v) is 3.94. The van der Waals surface area contributed by atoms with E-state index in [0.29, 0.717) is 5.37 Å². The van der Waals surface area contributed by atoms with E-state index in [1.807, 2.05) is 23.9 Å². The summed E-state index contributed by atoms with van der Waals surface area (Å²) in [4.78, 5) is 2.29. The minimum Gasteiger partial charge on any atom is -0.330 e. The maximum absolute atomic E-state index is 6.11. The van der Waals surface area contributed by atoms with Gasteiger partial charge < -0.3 is 4.90 Å². The zero-order valence-electron chi connectivity index (χ0n) is 9.84. The van der Waals surface area contributed by atoms with Gasteiger partial charge in [0.25, 0.3) is 0 Å². The first-order valence-electron chi connectivity index (χ1n) is 5.64. The summed E-state index contributed by atoms with van der Waals surface area (Å²) < 4.78 is 0. The molecule has 2 aromatic rings. The Morgan fingerprint density at radius 2 is 2.17 bits per heavy atom. The minimum absolute atomic E-state index is 0.327. The number of thioether (sulfide) groups is 1. The van der Waals surface area contributed by atoms with Gasteiger partial charge in [-0.15, -0.1) is 11.8 Å². The Labute approximate surface area is 120 Å². The predicted molar refractivity (Wildman–Crippen MR) is 82.5 cm³/mol. The summed E-state index contributed by atoms with van der Waals surface area (Å²) in [6, 6.07) is 8.22. The maximum atomic E-state index is 6.11. The molecule has 1 aliphatic heterocycles. The van der Waals surface area contributed by atoms with E-state index in [1.165, 1.54) is 16.8 Å². The van der Waals surface area contributed by atoms with Gasteiger partial charge in [0.1, 0.15) is 5.37 Å². The summed E-state index contributed by atoms with van der Waals surface area (Å²) in [5.41, 5.74) is 3.76. The van der Waals surface area contributed by atoms with E-state index in [0.717, 1.165) is 5.02 Å². The van der Waals surface area contributed by atoms with Gasteiger partial charge in [-0.05, 0) is 52.4 Å². The Morgan fingerprint density at radius 1 is 1.28 bits per heavy atom. The van der Waals surface area contributed by atoms with Gasteiger partial charge >= 0.3 is 0 Å². The van der Waals surface area contributed by atoms with Crippen LogP contribution in [-0.2, 0) is 0 Å². The molecule has 18 heavy (non-hydrogen) atoms. The normalized spacial score (nSPS) is 18.6. The van der Waals surface area contributed by atoms with Crippen molar-refractivity contribution in [3.8, 4) is 0 Å². The second-order valence-corrected chi connectivity index (χ2v) is 6.38. The van der Waals surface area contributed by atoms with Crippen LogP contribution in [-0.4, -0.2) is 0 Å². The third kappa shape index (κ3) is 2.18. The van der Waals surface area contributed by atoms with Crippen LogP contribution < -0.4 is 4.90 Å². The van der Waals surface area contributed by atoms with Crippen molar-refractivity contribution in [1.82, 2.24) is 0 Å². The number of halogens is 1. The molecule has 92 valence electrons. The van der Waals surface area contributed by atoms with Gasteiger partial charge in [0.15, 0.2) is 0 Å². The summed E-state index contributed by atoms with van der Waals surface area (Å²) in [5.74, 6) is 0. The molecule has 0 amide bonds. The second-order valence-electron chi connectivity index (χ2n) is 4.17. The van der Waals surface area contributed by atoms with Gasteiger partial charge in [0, 0.05) is 16.9 Å². The number of rotatable bonds is 2. The van der Waals surface area contributed by atoms with Crippen molar-refractivity contribution in [3.63, 3.8) is 0 Å². The molecule has 1 nitrogen and oxygen atoms in total. The summed E-state index contributed by atoms with van der Waals surface area (Å²) in [7, 11) is 0. The van der Waals surface area contributed by atoms with E-state index >= 15 is 0 Å². The van der Waals surface area contributed by atoms with Gasteiger partial charge in [-0.3, -0.25) is 0 Å². The first kappa shape index (κ1) is 12.2. The monoisotopic (exact) mass is 293 g/mol. The maximum Gasteiger partial charge on any atom is 0.110 e. The van der Waals surface area contributed by atoms with Crippen molar-refractivity contribution in [2.45, 2.75) is 12.3 Å². The Morgan fingerprint density at radius 3 is 2.94 bits per heavy atom. The van der Waals surface area contributed by atoms with Crippen molar-refractivity contribution in [2.75, 3.05) is 4.90 Å². The molecule has 3 rings (SSSR count). The molecule has 0 N–H and O–H groups in total. The van der Waals surface area contributed by atoms with E-state index < -0.39 is 0 Å². The third-order valence-corrected chi connectivity index (χ3v) is 4.93. The smallest absolute Gasteiger partial charge is 0.110 e. The zero-order valence-corrected chi connectivity index (χ0v) is 12.2. The fraction of sp³-hybridized carbons (Fsp3) is 0.143. The number of benzene rings is 1. The highest BCUT2D eigenvalue weighted by Crippen LogP contribution is 2.43. The van der Waals surface area contributed by atoms with Crippen LogP contribution in [0.1, 0.15) is 16.5 Å². The van der Waals surface area contributed by atoms with E-state index in [4.69, 9.17) is 11.6 Å². The average molecular weight is 294 g/mol. The minimum atomic E-state index is 0.327. The Kier molecular flexibility index (Phi) is 3.37. The van der Waals surface area contributed by atoms with Gasteiger partial charge in [-0.25, -0.2) is 0 Å². The molecule has 0 fully saturated rings. The lowest BCUT2D eigenvalue weighted by atomic mass is 10.1. The van der Waals surface area contributed by atoms with Crippen LogP contribution in [0.2, 0.25) is 5.02 Å². The summed E-state index contributed by atoms with van der Waals surface area (Å²) in [6.07, 6.45) is 2.13. The number of nitrogens with zero attached hydrogens (tertiary/aromatic N) is 1. The summed E-state index contributed by atoms with van der Waals surface area (Å²) in [5, 5.41) is 7.58. The van der Waals surface area contributed by atoms with Crippen LogP contribution in [0.3, 0.4) is 0 Å². The van der Waals surface area contributed by atoms with Crippen LogP contribution in [0.4, 0.5) is 5.69 Å². The SMILES string of the molecule is Cc1ccc(Cl)cc1N1C=CSC1c1ccsc1. The lowest BCUT2D eigenvalue weighted by Crippen LogP contribution is -2.17. The molecule has 0 bridgehead atoms. The molecule has 4 heteroatoms. The molecule has 0 saturated carbocycles. The van der Waals surface area contributed by atoms with Gasteiger partial charge in [0.05, 0.1) is 0 Å². The van der Waals surface area contributed by atoms with Crippen LogP contribution in [0.15, 0.2) is 46.6 Å². The van der Waals surface area contributed by atoms with Gasteiger partial charge in [-0.1, -0.05) is 17.7 Å². The van der Waals surface area contributed by atoms with Gasteiger partial charge in [-0.2, -0.15) is 11.3 Å². The molecule has 1 unspecified atom stereocenters. The molecule has 0 radical (unpaired) electrons. The molecule has 1 atom stereocenters. The quantitative estimate of drug-likeness (QED) is 0.726. The zero-order chi connectivity index (χ0) is 12.5. The Balaban J connectivity index is 2.00. The topological polar surface area (TPSA) is 3.24 Å². The standard InChI is InChI=1S/C14H12ClNS2/c1-10-2-3-12(15)8-13(10)16-5-7-18-14(16)11-4-6-17-9-11/h2-9,14H,1H3. The molecular formula is C14H12ClNS2. The highest BCUT2D eigenvalue weighted by molar-refractivity contribution is 8.02. The van der Waals surface area contributed by atoms with Crippen molar-refractivity contribution >= 4 is 40.4 Å². The Hall–Kier alpha value is -0.900. The number of anilines is 1. The lowest BCUT2D eigenvalue weighted by Gasteiger charge is -2.26. The average Bonchev–Trinajstić information content (AvgIpc) is 3.00. The van der Waals surface area contributed by atoms with E-state index in [1.54, 1.807) is 11.3 Å². The first-order valence-corrected chi connectivity index (χ1v) is 7.91. The molecule has 1 aromatic heterocycles. The molecule has 0 saturated heterocycles. The predicted octanol–water partition coefficient (Wildman–Crippen LogP) is 5.43. The van der Waals surface area contributed by atoms with Gasteiger partial charge in [0.2, 0.25) is 0 Å². The van der Waals surface area contributed by atoms with Crippen molar-refractivity contribution < 1.29 is 0 Å².